The van der Waals surface area contributed by atoms with E-state index >= 15 is 0 Å². The van der Waals surface area contributed by atoms with Crippen LogP contribution in [0.2, 0.25) is 0 Å². The number of hydrogen-bond acceptors (Lipinski definition) is 5. The van der Waals surface area contributed by atoms with Crippen molar-refractivity contribution in [3.63, 3.8) is 0 Å². The van der Waals surface area contributed by atoms with Gasteiger partial charge >= 0.3 is 0 Å². The van der Waals surface area contributed by atoms with E-state index in [1.165, 1.54) is 0 Å². The molecule has 6 heteroatoms. The van der Waals surface area contributed by atoms with Gasteiger partial charge in [-0.1, -0.05) is 23.8 Å². The first-order chi connectivity index (χ1) is 12.9. The number of aromatic nitrogens is 2. The van der Waals surface area contributed by atoms with Crippen LogP contribution in [-0.4, -0.2) is 23.0 Å². The zero-order chi connectivity index (χ0) is 19.4. The van der Waals surface area contributed by atoms with Crippen LogP contribution in [0.5, 0.6) is 5.75 Å². The van der Waals surface area contributed by atoms with Crippen LogP contribution in [-0.2, 0) is 0 Å². The second-order valence-electron chi connectivity index (χ2n) is 6.33. The highest BCUT2D eigenvalue weighted by atomic mass is 16.5. The van der Waals surface area contributed by atoms with Gasteiger partial charge in [-0.05, 0) is 50.6 Å². The normalized spacial score (nSPS) is 10.4. The number of ether oxygens (including phenoxy) is 1. The lowest BCUT2D eigenvalue weighted by atomic mass is 10.2. The molecule has 2 aromatic carbocycles. The SMILES string of the molecule is COc1ccc(C)cc1Nc1cc(C(=O)Nc2ccc(C)cc2)nc(C)n1. The molecule has 138 valence electrons. The Labute approximate surface area is 158 Å². The average Bonchev–Trinajstić information content (AvgIpc) is 2.63. The highest BCUT2D eigenvalue weighted by Crippen LogP contribution is 2.28. The minimum Gasteiger partial charge on any atom is -0.495 e. The summed E-state index contributed by atoms with van der Waals surface area (Å²) in [5.74, 6) is 1.44. The first kappa shape index (κ1) is 18.4. The molecule has 1 aromatic heterocycles. The Morgan fingerprint density at radius 1 is 0.926 bits per heavy atom. The molecule has 0 bridgehead atoms. The minimum atomic E-state index is -0.288. The van der Waals surface area contributed by atoms with Crippen LogP contribution in [0, 0.1) is 20.8 Å². The van der Waals surface area contributed by atoms with Gasteiger partial charge in [-0.2, -0.15) is 0 Å². The molecular formula is C21H22N4O2. The summed E-state index contributed by atoms with van der Waals surface area (Å²) in [7, 11) is 1.61. The summed E-state index contributed by atoms with van der Waals surface area (Å²) >= 11 is 0. The number of carbonyl (C=O) groups excluding carboxylic acids is 1. The second kappa shape index (κ2) is 7.86. The van der Waals surface area contributed by atoms with E-state index in [0.717, 1.165) is 22.5 Å². The largest absolute Gasteiger partial charge is 0.495 e. The van der Waals surface area contributed by atoms with Crippen LogP contribution in [0.4, 0.5) is 17.2 Å². The van der Waals surface area contributed by atoms with E-state index in [1.807, 2.05) is 56.3 Å². The number of methoxy groups -OCH3 is 1. The molecule has 6 nitrogen and oxygen atoms in total. The van der Waals surface area contributed by atoms with Crippen molar-refractivity contribution >= 4 is 23.1 Å². The van der Waals surface area contributed by atoms with Gasteiger partial charge in [0.25, 0.3) is 5.91 Å². The van der Waals surface area contributed by atoms with Gasteiger partial charge in [0.2, 0.25) is 0 Å². The van der Waals surface area contributed by atoms with E-state index in [-0.39, 0.29) is 11.6 Å². The molecule has 3 aromatic rings. The highest BCUT2D eigenvalue weighted by Gasteiger charge is 2.12. The van der Waals surface area contributed by atoms with E-state index in [9.17, 15) is 4.79 Å². The lowest BCUT2D eigenvalue weighted by molar-refractivity contribution is 0.102. The Bertz CT molecular complexity index is 968. The fraction of sp³-hybridized carbons (Fsp3) is 0.190. The van der Waals surface area contributed by atoms with Gasteiger partial charge in [-0.3, -0.25) is 4.79 Å². The van der Waals surface area contributed by atoms with Gasteiger partial charge < -0.3 is 15.4 Å². The van der Waals surface area contributed by atoms with Gasteiger partial charge in [0.15, 0.2) is 0 Å². The molecule has 0 aliphatic carbocycles. The Kier molecular flexibility index (Phi) is 5.35. The van der Waals surface area contributed by atoms with Crippen LogP contribution in [0.1, 0.15) is 27.4 Å². The number of rotatable bonds is 5. The van der Waals surface area contributed by atoms with Gasteiger partial charge in [-0.15, -0.1) is 0 Å². The number of amides is 1. The maximum Gasteiger partial charge on any atom is 0.274 e. The third-order valence-corrected chi connectivity index (χ3v) is 4.00. The molecule has 0 fully saturated rings. The fourth-order valence-corrected chi connectivity index (χ4v) is 2.64. The first-order valence-corrected chi connectivity index (χ1v) is 8.60. The van der Waals surface area contributed by atoms with Gasteiger partial charge in [-0.25, -0.2) is 9.97 Å². The minimum absolute atomic E-state index is 0.288. The molecular weight excluding hydrogens is 340 g/mol. The number of anilines is 3. The summed E-state index contributed by atoms with van der Waals surface area (Å²) < 4.78 is 5.38. The quantitative estimate of drug-likeness (QED) is 0.703. The van der Waals surface area contributed by atoms with Crippen LogP contribution < -0.4 is 15.4 Å². The van der Waals surface area contributed by atoms with Crippen molar-refractivity contribution in [3.8, 4) is 5.75 Å². The molecule has 3 rings (SSSR count). The third kappa shape index (κ3) is 4.61. The third-order valence-electron chi connectivity index (χ3n) is 4.00. The van der Waals surface area contributed by atoms with Crippen molar-refractivity contribution in [2.24, 2.45) is 0 Å². The van der Waals surface area contributed by atoms with Crippen molar-refractivity contribution in [2.75, 3.05) is 17.7 Å². The van der Waals surface area contributed by atoms with Crippen LogP contribution in [0.15, 0.2) is 48.5 Å². The lowest BCUT2D eigenvalue weighted by Crippen LogP contribution is -2.15. The first-order valence-electron chi connectivity index (χ1n) is 8.60. The summed E-state index contributed by atoms with van der Waals surface area (Å²) in [5.41, 5.74) is 4.00. The van der Waals surface area contributed by atoms with Crippen LogP contribution in [0.25, 0.3) is 0 Å². The number of hydrogen-bond donors (Lipinski definition) is 2. The maximum absolute atomic E-state index is 12.6. The predicted molar refractivity (Wildman–Crippen MR) is 107 cm³/mol. The van der Waals surface area contributed by atoms with Crippen molar-refractivity contribution in [1.29, 1.82) is 0 Å². The van der Waals surface area contributed by atoms with E-state index in [0.29, 0.717) is 17.4 Å². The second-order valence-corrected chi connectivity index (χ2v) is 6.33. The number of carbonyl (C=O) groups is 1. The molecule has 1 amide bonds. The smallest absolute Gasteiger partial charge is 0.274 e. The standard InChI is InChI=1S/C21H22N4O2/c1-13-5-8-16(9-6-13)24-21(26)18-12-20(23-15(3)22-18)25-17-11-14(2)7-10-19(17)27-4/h5-12H,1-4H3,(H,24,26)(H,22,23,25). The molecule has 0 saturated carbocycles. The summed E-state index contributed by atoms with van der Waals surface area (Å²) in [6.45, 7) is 5.74. The molecule has 0 aliphatic heterocycles. The topological polar surface area (TPSA) is 76.1 Å². The lowest BCUT2D eigenvalue weighted by Gasteiger charge is -2.13. The van der Waals surface area contributed by atoms with Crippen molar-refractivity contribution in [1.82, 2.24) is 9.97 Å². The summed E-state index contributed by atoms with van der Waals surface area (Å²) in [6, 6.07) is 15.0. The van der Waals surface area contributed by atoms with E-state index in [4.69, 9.17) is 4.74 Å². The van der Waals surface area contributed by atoms with Crippen LogP contribution >= 0.6 is 0 Å². The van der Waals surface area contributed by atoms with Crippen molar-refractivity contribution < 1.29 is 9.53 Å². The van der Waals surface area contributed by atoms with Gasteiger partial charge in [0.1, 0.15) is 23.1 Å². The zero-order valence-electron chi connectivity index (χ0n) is 15.8. The Morgan fingerprint density at radius 2 is 1.63 bits per heavy atom. The van der Waals surface area contributed by atoms with E-state index in [1.54, 1.807) is 20.1 Å². The summed E-state index contributed by atoms with van der Waals surface area (Å²) in [5, 5.41) is 6.07. The molecule has 0 unspecified atom stereocenters. The number of nitrogens with one attached hydrogen (secondary N) is 2. The van der Waals surface area contributed by atoms with Gasteiger partial charge in [0, 0.05) is 11.8 Å². The maximum atomic E-state index is 12.6. The zero-order valence-corrected chi connectivity index (χ0v) is 15.8. The molecule has 0 saturated heterocycles. The predicted octanol–water partition coefficient (Wildman–Crippen LogP) is 4.41. The fourth-order valence-electron chi connectivity index (χ4n) is 2.64. The number of aryl methyl sites for hydroxylation is 3. The van der Waals surface area contributed by atoms with Crippen molar-refractivity contribution in [2.45, 2.75) is 20.8 Å². The molecule has 0 atom stereocenters. The molecule has 0 aliphatic rings. The Balaban J connectivity index is 1.85. The van der Waals surface area contributed by atoms with E-state index < -0.39 is 0 Å². The molecule has 0 spiro atoms. The van der Waals surface area contributed by atoms with Crippen LogP contribution in [0.3, 0.4) is 0 Å². The summed E-state index contributed by atoms with van der Waals surface area (Å²) in [4.78, 5) is 21.2. The highest BCUT2D eigenvalue weighted by molar-refractivity contribution is 6.03. The number of benzene rings is 2. The Hall–Kier alpha value is -3.41. The summed E-state index contributed by atoms with van der Waals surface area (Å²) in [6.07, 6.45) is 0. The molecule has 27 heavy (non-hydrogen) atoms. The van der Waals surface area contributed by atoms with Crippen molar-refractivity contribution in [3.05, 3.63) is 71.2 Å². The molecule has 2 N–H and O–H groups in total. The molecule has 1 heterocycles. The van der Waals surface area contributed by atoms with Gasteiger partial charge in [0.05, 0.1) is 12.8 Å². The average molecular weight is 362 g/mol. The monoisotopic (exact) mass is 362 g/mol. The van der Waals surface area contributed by atoms with E-state index in [2.05, 4.69) is 20.6 Å². The molecule has 0 radical (unpaired) electrons. The Morgan fingerprint density at radius 3 is 2.33 bits per heavy atom. The number of nitrogens with zero attached hydrogens (tertiary/aromatic N) is 2.